The normalized spacial score (nSPS) is 18.4. The average molecular weight is 461 g/mol. The lowest BCUT2D eigenvalue weighted by atomic mass is 10.0. The van der Waals surface area contributed by atoms with E-state index in [2.05, 4.69) is 4.98 Å². The Morgan fingerprint density at radius 3 is 2.59 bits per heavy atom. The minimum atomic E-state index is -3.39. The third-order valence-corrected chi connectivity index (χ3v) is 6.81. The smallest absolute Gasteiger partial charge is 0.274 e. The Morgan fingerprint density at radius 2 is 2.00 bits per heavy atom. The number of H-pyrrole nitrogens is 1. The van der Waals surface area contributed by atoms with Crippen LogP contribution in [0.4, 0.5) is 0 Å². The van der Waals surface area contributed by atoms with E-state index in [9.17, 15) is 13.2 Å². The molecule has 2 N–H and O–H groups in total. The number of hydrogen-bond donors (Lipinski definition) is 2. The minimum Gasteiger partial charge on any atom is -0.487 e. The molecule has 32 heavy (non-hydrogen) atoms. The summed E-state index contributed by atoms with van der Waals surface area (Å²) in [6.07, 6.45) is 7.79. The van der Waals surface area contributed by atoms with Gasteiger partial charge in [-0.25, -0.2) is 8.42 Å². The summed E-state index contributed by atoms with van der Waals surface area (Å²) in [5, 5.41) is 8.92. The highest BCUT2D eigenvalue weighted by atomic mass is 32.2. The van der Waals surface area contributed by atoms with Crippen LogP contribution in [-0.2, 0) is 21.6 Å². The van der Waals surface area contributed by atoms with Gasteiger partial charge in [0.05, 0.1) is 18.1 Å². The molecule has 8 nitrogen and oxygen atoms in total. The number of aromatic amines is 1. The summed E-state index contributed by atoms with van der Waals surface area (Å²) in [4.78, 5) is 15.5. The Hall–Kier alpha value is -2.62. The van der Waals surface area contributed by atoms with Crippen molar-refractivity contribution in [2.45, 2.75) is 30.3 Å². The minimum absolute atomic E-state index is 0.0814. The summed E-state index contributed by atoms with van der Waals surface area (Å²) in [5.74, 6) is 1.26. The van der Waals surface area contributed by atoms with E-state index in [0.29, 0.717) is 42.6 Å². The van der Waals surface area contributed by atoms with Crippen molar-refractivity contribution in [3.8, 4) is 16.9 Å². The molecule has 1 unspecified atom stereocenters. The highest BCUT2D eigenvalue weighted by Crippen LogP contribution is 2.36. The molecule has 9 heteroatoms. The first kappa shape index (κ1) is 22.6. The van der Waals surface area contributed by atoms with Crippen LogP contribution in [-0.4, -0.2) is 55.3 Å². The van der Waals surface area contributed by atoms with Gasteiger partial charge in [-0.3, -0.25) is 4.79 Å². The van der Waals surface area contributed by atoms with Crippen molar-refractivity contribution >= 4 is 20.7 Å². The van der Waals surface area contributed by atoms with Crippen molar-refractivity contribution in [1.82, 2.24) is 9.55 Å². The van der Waals surface area contributed by atoms with Crippen LogP contribution in [0.5, 0.6) is 5.75 Å². The summed E-state index contributed by atoms with van der Waals surface area (Å²) in [6, 6.07) is 6.63. The van der Waals surface area contributed by atoms with Crippen LogP contribution in [0.25, 0.3) is 22.0 Å². The van der Waals surface area contributed by atoms with Crippen LogP contribution in [0.3, 0.4) is 0 Å². The predicted octanol–water partition coefficient (Wildman–Crippen LogP) is 2.49. The van der Waals surface area contributed by atoms with E-state index in [0.717, 1.165) is 17.4 Å². The standard InChI is InChI=1S/C19H20N2O5S.C4H8O/c1-21-10-16(14-5-7-20-18(14)19(21)22)15-9-13(27(2,23)24)3-4-17(15)26-12-6-8-25-11-12;5-3-4-1-2-4/h3-5,7,9-10,12,20H,6,8,11H2,1-2H3;4-5H,1-3H2. The number of aliphatic hydroxyl groups is 1. The van der Waals surface area contributed by atoms with Crippen LogP contribution in [0.2, 0.25) is 0 Å². The zero-order chi connectivity index (χ0) is 22.9. The zero-order valence-electron chi connectivity index (χ0n) is 18.2. The number of pyridine rings is 1. The number of nitrogens with zero attached hydrogens (tertiary/aromatic N) is 1. The number of nitrogens with one attached hydrogen (secondary N) is 1. The van der Waals surface area contributed by atoms with Crippen LogP contribution in [0.1, 0.15) is 19.3 Å². The summed E-state index contributed by atoms with van der Waals surface area (Å²) >= 11 is 0. The fourth-order valence-corrected chi connectivity index (χ4v) is 4.27. The molecule has 1 saturated carbocycles. The Labute approximate surface area is 186 Å². The van der Waals surface area contributed by atoms with Crippen LogP contribution in [0, 0.1) is 5.92 Å². The molecule has 3 aromatic rings. The first-order valence-corrected chi connectivity index (χ1v) is 12.5. The van der Waals surface area contributed by atoms with Gasteiger partial charge in [0.1, 0.15) is 17.4 Å². The molecule has 0 amide bonds. The fourth-order valence-electron chi connectivity index (χ4n) is 3.62. The van der Waals surface area contributed by atoms with Crippen molar-refractivity contribution in [3.05, 3.63) is 47.0 Å². The lowest BCUT2D eigenvalue weighted by Crippen LogP contribution is -2.18. The number of sulfone groups is 1. The molecule has 0 spiro atoms. The zero-order valence-corrected chi connectivity index (χ0v) is 19.0. The van der Waals surface area contributed by atoms with E-state index in [1.165, 1.54) is 23.7 Å². The van der Waals surface area contributed by atoms with Crippen LogP contribution < -0.4 is 10.3 Å². The second kappa shape index (κ2) is 9.09. The monoisotopic (exact) mass is 460 g/mol. The Morgan fingerprint density at radius 1 is 1.22 bits per heavy atom. The second-order valence-corrected chi connectivity index (χ2v) is 10.4. The molecule has 1 atom stereocenters. The number of aromatic nitrogens is 2. The van der Waals surface area contributed by atoms with Gasteiger partial charge in [-0.05, 0) is 43.0 Å². The number of benzene rings is 1. The number of fused-ring (bicyclic) bond motifs is 1. The molecule has 5 rings (SSSR count). The average Bonchev–Trinajstić information content (AvgIpc) is 3.23. The van der Waals surface area contributed by atoms with Gasteiger partial charge in [0, 0.05) is 55.2 Å². The molecule has 2 fully saturated rings. The molecule has 2 aliphatic rings. The molecule has 0 radical (unpaired) electrons. The summed E-state index contributed by atoms with van der Waals surface area (Å²) in [5.41, 5.74) is 1.68. The maximum Gasteiger partial charge on any atom is 0.274 e. The largest absolute Gasteiger partial charge is 0.487 e. The maximum atomic E-state index is 12.4. The molecule has 1 aliphatic carbocycles. The molecule has 172 valence electrons. The first-order chi connectivity index (χ1) is 15.3. The van der Waals surface area contributed by atoms with E-state index < -0.39 is 9.84 Å². The summed E-state index contributed by atoms with van der Waals surface area (Å²) in [7, 11) is -1.73. The Bertz CT molecular complexity index is 1270. The van der Waals surface area contributed by atoms with Gasteiger partial charge in [-0.2, -0.15) is 0 Å². The van der Waals surface area contributed by atoms with Gasteiger partial charge in [0.25, 0.3) is 5.56 Å². The number of aryl methyl sites for hydroxylation is 1. The molecule has 1 aromatic carbocycles. The number of hydrogen-bond acceptors (Lipinski definition) is 6. The first-order valence-electron chi connectivity index (χ1n) is 10.6. The number of ether oxygens (including phenoxy) is 2. The van der Waals surface area contributed by atoms with Gasteiger partial charge in [-0.1, -0.05) is 0 Å². The molecular formula is C23H28N2O6S. The van der Waals surface area contributed by atoms with Gasteiger partial charge in [-0.15, -0.1) is 0 Å². The van der Waals surface area contributed by atoms with Crippen molar-refractivity contribution < 1.29 is 23.0 Å². The van der Waals surface area contributed by atoms with Crippen molar-refractivity contribution in [2.24, 2.45) is 13.0 Å². The lowest BCUT2D eigenvalue weighted by molar-refractivity contribution is 0.141. The van der Waals surface area contributed by atoms with Crippen LogP contribution in [0.15, 0.2) is 46.3 Å². The number of rotatable bonds is 5. The highest BCUT2D eigenvalue weighted by molar-refractivity contribution is 7.90. The van der Waals surface area contributed by atoms with Gasteiger partial charge in [0.2, 0.25) is 0 Å². The quantitative estimate of drug-likeness (QED) is 0.605. The Kier molecular flexibility index (Phi) is 6.41. The van der Waals surface area contributed by atoms with Gasteiger partial charge >= 0.3 is 0 Å². The molecular weight excluding hydrogens is 432 g/mol. The molecule has 1 aliphatic heterocycles. The third-order valence-electron chi connectivity index (χ3n) is 5.70. The summed E-state index contributed by atoms with van der Waals surface area (Å²) < 4.78 is 37.1. The topological polar surface area (TPSA) is 111 Å². The van der Waals surface area contributed by atoms with E-state index >= 15 is 0 Å². The van der Waals surface area contributed by atoms with E-state index in [-0.39, 0.29) is 16.6 Å². The molecule has 2 aromatic heterocycles. The van der Waals surface area contributed by atoms with Gasteiger partial charge in [0.15, 0.2) is 9.84 Å². The predicted molar refractivity (Wildman–Crippen MR) is 122 cm³/mol. The van der Waals surface area contributed by atoms with E-state index in [1.807, 2.05) is 6.07 Å². The fraction of sp³-hybridized carbons (Fsp3) is 0.435. The number of aliphatic hydroxyl groups excluding tert-OH is 1. The van der Waals surface area contributed by atoms with Gasteiger partial charge < -0.3 is 24.1 Å². The van der Waals surface area contributed by atoms with E-state index in [1.54, 1.807) is 37.6 Å². The highest BCUT2D eigenvalue weighted by Gasteiger charge is 2.22. The van der Waals surface area contributed by atoms with Crippen molar-refractivity contribution in [3.63, 3.8) is 0 Å². The lowest BCUT2D eigenvalue weighted by Gasteiger charge is -2.17. The third kappa shape index (κ3) is 4.90. The van der Waals surface area contributed by atoms with Crippen LogP contribution >= 0.6 is 0 Å². The van der Waals surface area contributed by atoms with E-state index in [4.69, 9.17) is 14.6 Å². The molecule has 3 heterocycles. The molecule has 1 saturated heterocycles. The SMILES string of the molecule is Cn1cc(-c2cc(S(C)(=O)=O)ccc2OC2CCOC2)c2cc[nH]c2c1=O.OCC1CC1. The van der Waals surface area contributed by atoms with Crippen molar-refractivity contribution in [2.75, 3.05) is 26.1 Å². The molecule has 0 bridgehead atoms. The maximum absolute atomic E-state index is 12.4. The Balaban J connectivity index is 0.000000433. The van der Waals surface area contributed by atoms with Crippen molar-refractivity contribution in [1.29, 1.82) is 0 Å². The second-order valence-electron chi connectivity index (χ2n) is 8.38. The summed E-state index contributed by atoms with van der Waals surface area (Å²) in [6.45, 7) is 1.56.